The van der Waals surface area contributed by atoms with Crippen LogP contribution in [0.4, 0.5) is 4.39 Å². The molecule has 138 valence electrons. The molecule has 0 aromatic heterocycles. The van der Waals surface area contributed by atoms with Crippen LogP contribution in [-0.2, 0) is 16.0 Å². The molecule has 26 heavy (non-hydrogen) atoms. The summed E-state index contributed by atoms with van der Waals surface area (Å²) in [5, 5.41) is 5.60. The highest BCUT2D eigenvalue weighted by Crippen LogP contribution is 2.19. The molecule has 0 aliphatic rings. The fraction of sp³-hybridized carbons (Fsp3) is 0.333. The summed E-state index contributed by atoms with van der Waals surface area (Å²) >= 11 is 0. The van der Waals surface area contributed by atoms with Gasteiger partial charge in [-0.2, -0.15) is 0 Å². The molecule has 0 saturated carbocycles. The van der Waals surface area contributed by atoms with Crippen LogP contribution in [0, 0.1) is 11.2 Å². The molecule has 2 aromatic rings. The molecular weight excluding hydrogens is 331 g/mol. The standard InChI is InChI=1S/C21H25FN2O2/c1-15(16-9-5-4-6-10-16)24-20(26)21(2,3)19(25)23-14-13-17-11-7-8-12-18(17)22/h4-12,15H,13-14H2,1-3H3,(H,23,25)(H,24,26). The van der Waals surface area contributed by atoms with Crippen molar-refractivity contribution in [3.8, 4) is 0 Å². The quantitative estimate of drug-likeness (QED) is 0.747. The zero-order valence-corrected chi connectivity index (χ0v) is 15.4. The summed E-state index contributed by atoms with van der Waals surface area (Å²) in [7, 11) is 0. The van der Waals surface area contributed by atoms with Crippen LogP contribution in [-0.4, -0.2) is 18.4 Å². The number of carbonyl (C=O) groups excluding carboxylic acids is 2. The first-order valence-electron chi connectivity index (χ1n) is 8.70. The molecule has 0 aliphatic carbocycles. The molecule has 0 fully saturated rings. The summed E-state index contributed by atoms with van der Waals surface area (Å²) in [6, 6.07) is 15.8. The molecule has 4 nitrogen and oxygen atoms in total. The van der Waals surface area contributed by atoms with E-state index < -0.39 is 5.41 Å². The van der Waals surface area contributed by atoms with E-state index in [1.165, 1.54) is 6.07 Å². The summed E-state index contributed by atoms with van der Waals surface area (Å²) < 4.78 is 13.6. The highest BCUT2D eigenvalue weighted by molar-refractivity contribution is 6.04. The largest absolute Gasteiger partial charge is 0.355 e. The third kappa shape index (κ3) is 4.91. The zero-order chi connectivity index (χ0) is 19.2. The van der Waals surface area contributed by atoms with E-state index in [-0.39, 0.29) is 30.2 Å². The Bertz CT molecular complexity index is 760. The SMILES string of the molecule is CC(NC(=O)C(C)(C)C(=O)NCCc1ccccc1F)c1ccccc1. The molecular formula is C21H25FN2O2. The Hall–Kier alpha value is -2.69. The normalized spacial score (nSPS) is 12.3. The van der Waals surface area contributed by atoms with Crippen LogP contribution in [0.25, 0.3) is 0 Å². The van der Waals surface area contributed by atoms with Crippen LogP contribution in [0.1, 0.15) is 37.9 Å². The lowest BCUT2D eigenvalue weighted by molar-refractivity contribution is -0.141. The average Bonchev–Trinajstić information content (AvgIpc) is 2.63. The van der Waals surface area contributed by atoms with Gasteiger partial charge < -0.3 is 10.6 Å². The van der Waals surface area contributed by atoms with Gasteiger partial charge in [0.15, 0.2) is 0 Å². The molecule has 5 heteroatoms. The van der Waals surface area contributed by atoms with Crippen molar-refractivity contribution in [2.45, 2.75) is 33.2 Å². The number of hydrogen-bond donors (Lipinski definition) is 2. The Balaban J connectivity index is 1.89. The summed E-state index contributed by atoms with van der Waals surface area (Å²) in [5.74, 6) is -1.03. The summed E-state index contributed by atoms with van der Waals surface area (Å²) in [6.45, 7) is 5.31. The molecule has 1 atom stereocenters. The fourth-order valence-electron chi connectivity index (χ4n) is 2.54. The first-order valence-corrected chi connectivity index (χ1v) is 8.70. The molecule has 2 aromatic carbocycles. The molecule has 0 radical (unpaired) electrons. The topological polar surface area (TPSA) is 58.2 Å². The van der Waals surface area contributed by atoms with Crippen LogP contribution >= 0.6 is 0 Å². The second-order valence-corrected chi connectivity index (χ2v) is 6.83. The van der Waals surface area contributed by atoms with Crippen molar-refractivity contribution in [2.24, 2.45) is 5.41 Å². The number of nitrogens with one attached hydrogen (secondary N) is 2. The van der Waals surface area contributed by atoms with Gasteiger partial charge in [0.25, 0.3) is 0 Å². The molecule has 0 spiro atoms. The molecule has 2 N–H and O–H groups in total. The zero-order valence-electron chi connectivity index (χ0n) is 15.4. The second kappa shape index (κ2) is 8.61. The lowest BCUT2D eigenvalue weighted by Gasteiger charge is -2.25. The van der Waals surface area contributed by atoms with Gasteiger partial charge >= 0.3 is 0 Å². The number of hydrogen-bond acceptors (Lipinski definition) is 2. The van der Waals surface area contributed by atoms with Gasteiger partial charge in [-0.05, 0) is 44.4 Å². The lowest BCUT2D eigenvalue weighted by atomic mass is 9.90. The molecule has 2 amide bonds. The first-order chi connectivity index (χ1) is 12.3. The maximum absolute atomic E-state index is 13.6. The van der Waals surface area contributed by atoms with Gasteiger partial charge in [-0.15, -0.1) is 0 Å². The number of carbonyl (C=O) groups is 2. The van der Waals surface area contributed by atoms with Gasteiger partial charge in [-0.25, -0.2) is 4.39 Å². The van der Waals surface area contributed by atoms with E-state index in [0.717, 1.165) is 5.56 Å². The number of halogens is 1. The van der Waals surface area contributed by atoms with Gasteiger partial charge in [0, 0.05) is 6.54 Å². The maximum Gasteiger partial charge on any atom is 0.235 e. The van der Waals surface area contributed by atoms with Crippen LogP contribution < -0.4 is 10.6 Å². The van der Waals surface area contributed by atoms with Crippen molar-refractivity contribution in [3.05, 3.63) is 71.5 Å². The predicted molar refractivity (Wildman–Crippen MR) is 99.9 cm³/mol. The minimum atomic E-state index is -1.22. The average molecular weight is 356 g/mol. The molecule has 2 rings (SSSR count). The van der Waals surface area contributed by atoms with Crippen molar-refractivity contribution in [2.75, 3.05) is 6.54 Å². The Morgan fingerprint density at radius 3 is 2.27 bits per heavy atom. The maximum atomic E-state index is 13.6. The van der Waals surface area contributed by atoms with Crippen molar-refractivity contribution in [1.29, 1.82) is 0 Å². The van der Waals surface area contributed by atoms with Gasteiger partial charge in [0.2, 0.25) is 11.8 Å². The summed E-state index contributed by atoms with van der Waals surface area (Å²) in [6.07, 6.45) is 0.372. The Morgan fingerprint density at radius 1 is 1.00 bits per heavy atom. The molecule has 0 aliphatic heterocycles. The van der Waals surface area contributed by atoms with Crippen molar-refractivity contribution >= 4 is 11.8 Å². The Kier molecular flexibility index (Phi) is 6.50. The van der Waals surface area contributed by atoms with E-state index in [1.807, 2.05) is 37.3 Å². The highest BCUT2D eigenvalue weighted by Gasteiger charge is 2.36. The van der Waals surface area contributed by atoms with E-state index in [1.54, 1.807) is 32.0 Å². The minimum Gasteiger partial charge on any atom is -0.355 e. The van der Waals surface area contributed by atoms with Crippen molar-refractivity contribution in [3.63, 3.8) is 0 Å². The lowest BCUT2D eigenvalue weighted by Crippen LogP contribution is -2.48. The van der Waals surface area contributed by atoms with Crippen molar-refractivity contribution in [1.82, 2.24) is 10.6 Å². The van der Waals surface area contributed by atoms with E-state index in [9.17, 15) is 14.0 Å². The van der Waals surface area contributed by atoms with Crippen LogP contribution in [0.15, 0.2) is 54.6 Å². The molecule has 0 bridgehead atoms. The van der Waals surface area contributed by atoms with Crippen LogP contribution in [0.2, 0.25) is 0 Å². The predicted octanol–water partition coefficient (Wildman–Crippen LogP) is 3.39. The van der Waals surface area contributed by atoms with E-state index in [0.29, 0.717) is 12.0 Å². The molecule has 0 saturated heterocycles. The van der Waals surface area contributed by atoms with E-state index in [2.05, 4.69) is 10.6 Å². The van der Waals surface area contributed by atoms with Crippen LogP contribution in [0.3, 0.4) is 0 Å². The first kappa shape index (κ1) is 19.6. The third-order valence-electron chi connectivity index (χ3n) is 4.42. The minimum absolute atomic E-state index is 0.200. The fourth-order valence-corrected chi connectivity index (χ4v) is 2.54. The molecule has 0 heterocycles. The third-order valence-corrected chi connectivity index (χ3v) is 4.42. The number of benzene rings is 2. The van der Waals surface area contributed by atoms with Gasteiger partial charge in [-0.1, -0.05) is 48.5 Å². The number of rotatable bonds is 7. The van der Waals surface area contributed by atoms with E-state index >= 15 is 0 Å². The smallest absolute Gasteiger partial charge is 0.235 e. The second-order valence-electron chi connectivity index (χ2n) is 6.83. The van der Waals surface area contributed by atoms with Gasteiger partial charge in [-0.3, -0.25) is 9.59 Å². The van der Waals surface area contributed by atoms with Gasteiger partial charge in [0.05, 0.1) is 6.04 Å². The molecule has 1 unspecified atom stereocenters. The summed E-state index contributed by atoms with van der Waals surface area (Å²) in [5.41, 5.74) is 0.280. The van der Waals surface area contributed by atoms with Crippen LogP contribution in [0.5, 0.6) is 0 Å². The van der Waals surface area contributed by atoms with Crippen molar-refractivity contribution < 1.29 is 14.0 Å². The highest BCUT2D eigenvalue weighted by atomic mass is 19.1. The number of amides is 2. The summed E-state index contributed by atoms with van der Waals surface area (Å²) in [4.78, 5) is 25.0. The Morgan fingerprint density at radius 2 is 1.62 bits per heavy atom. The van der Waals surface area contributed by atoms with E-state index in [4.69, 9.17) is 0 Å². The Labute approximate surface area is 153 Å². The monoisotopic (exact) mass is 356 g/mol. The van der Waals surface area contributed by atoms with Gasteiger partial charge in [0.1, 0.15) is 11.2 Å².